The highest BCUT2D eigenvalue weighted by atomic mass is 16.5. The van der Waals surface area contributed by atoms with Crippen molar-refractivity contribution in [2.24, 2.45) is 0 Å². The summed E-state index contributed by atoms with van der Waals surface area (Å²) in [5, 5.41) is 10.1. The minimum Gasteiger partial charge on any atom is -0.388 e. The lowest BCUT2D eigenvalue weighted by Crippen LogP contribution is -2.44. The molecular weight excluding hydrogens is 272 g/mol. The standard InChI is InChI=1S/C15H26N2O4/c1-16(12-5-6-13(20-2)15(12)19)14(18)4-3-7-17-8-10-21-11-9-17/h3-4,12-13,15,19H,5-11H2,1-2H3/b4-3+/t12-,13-,15-/m1/s1. The molecule has 1 saturated carbocycles. The second-order valence-corrected chi connectivity index (χ2v) is 5.67. The molecule has 1 amide bonds. The van der Waals surface area contributed by atoms with E-state index >= 15 is 0 Å². The second kappa shape index (κ2) is 7.89. The van der Waals surface area contributed by atoms with Gasteiger partial charge in [0.05, 0.1) is 25.4 Å². The molecule has 120 valence electrons. The van der Waals surface area contributed by atoms with Crippen LogP contribution in [0.15, 0.2) is 12.2 Å². The number of ether oxygens (including phenoxy) is 2. The molecule has 1 aliphatic heterocycles. The molecule has 1 saturated heterocycles. The topological polar surface area (TPSA) is 62.2 Å². The molecule has 0 radical (unpaired) electrons. The third-order valence-electron chi connectivity index (χ3n) is 4.40. The van der Waals surface area contributed by atoms with Crippen LogP contribution in [-0.4, -0.2) is 86.1 Å². The highest BCUT2D eigenvalue weighted by Gasteiger charge is 2.38. The Morgan fingerprint density at radius 2 is 2.14 bits per heavy atom. The van der Waals surface area contributed by atoms with Gasteiger partial charge in [0.15, 0.2) is 0 Å². The van der Waals surface area contributed by atoms with E-state index in [1.54, 1.807) is 25.1 Å². The minimum atomic E-state index is -0.600. The summed E-state index contributed by atoms with van der Waals surface area (Å²) in [4.78, 5) is 16.0. The van der Waals surface area contributed by atoms with Crippen molar-refractivity contribution in [2.75, 3.05) is 47.0 Å². The first-order valence-electron chi connectivity index (χ1n) is 7.57. The van der Waals surface area contributed by atoms with Crippen LogP contribution in [0.2, 0.25) is 0 Å². The smallest absolute Gasteiger partial charge is 0.246 e. The third kappa shape index (κ3) is 4.26. The first-order chi connectivity index (χ1) is 10.1. The van der Waals surface area contributed by atoms with Crippen molar-refractivity contribution >= 4 is 5.91 Å². The Morgan fingerprint density at radius 1 is 1.43 bits per heavy atom. The summed E-state index contributed by atoms with van der Waals surface area (Å²) in [5.74, 6) is -0.0657. The summed E-state index contributed by atoms with van der Waals surface area (Å²) < 4.78 is 10.5. The Labute approximate surface area is 126 Å². The van der Waals surface area contributed by atoms with Crippen LogP contribution in [0.1, 0.15) is 12.8 Å². The molecule has 1 aliphatic carbocycles. The maximum atomic E-state index is 12.2. The van der Waals surface area contributed by atoms with Gasteiger partial charge in [0.25, 0.3) is 0 Å². The van der Waals surface area contributed by atoms with E-state index in [1.807, 2.05) is 6.08 Å². The monoisotopic (exact) mass is 298 g/mol. The molecule has 0 bridgehead atoms. The van der Waals surface area contributed by atoms with Gasteiger partial charge in [-0.25, -0.2) is 0 Å². The van der Waals surface area contributed by atoms with Crippen LogP contribution in [0.3, 0.4) is 0 Å². The Balaban J connectivity index is 1.79. The third-order valence-corrected chi connectivity index (χ3v) is 4.40. The van der Waals surface area contributed by atoms with Crippen LogP contribution in [0.25, 0.3) is 0 Å². The fourth-order valence-electron chi connectivity index (χ4n) is 2.97. The molecule has 1 N–H and O–H groups in total. The van der Waals surface area contributed by atoms with Gasteiger partial charge in [0.1, 0.15) is 6.10 Å². The second-order valence-electron chi connectivity index (χ2n) is 5.67. The number of amides is 1. The van der Waals surface area contributed by atoms with E-state index in [-0.39, 0.29) is 18.1 Å². The molecule has 0 aromatic carbocycles. The number of methoxy groups -OCH3 is 1. The molecule has 0 spiro atoms. The number of aliphatic hydroxyl groups is 1. The van der Waals surface area contributed by atoms with Gasteiger partial charge in [-0.15, -0.1) is 0 Å². The van der Waals surface area contributed by atoms with Gasteiger partial charge in [0.2, 0.25) is 5.91 Å². The van der Waals surface area contributed by atoms with Crippen LogP contribution >= 0.6 is 0 Å². The number of morpholine rings is 1. The van der Waals surface area contributed by atoms with E-state index in [2.05, 4.69) is 4.90 Å². The molecule has 2 aliphatic rings. The molecule has 21 heavy (non-hydrogen) atoms. The van der Waals surface area contributed by atoms with Crippen molar-refractivity contribution in [1.82, 2.24) is 9.80 Å². The molecule has 3 atom stereocenters. The fraction of sp³-hybridized carbons (Fsp3) is 0.800. The van der Waals surface area contributed by atoms with Gasteiger partial charge in [-0.2, -0.15) is 0 Å². The van der Waals surface area contributed by atoms with Gasteiger partial charge in [-0.1, -0.05) is 6.08 Å². The van der Waals surface area contributed by atoms with Crippen LogP contribution in [0.5, 0.6) is 0 Å². The highest BCUT2D eigenvalue weighted by molar-refractivity contribution is 5.87. The summed E-state index contributed by atoms with van der Waals surface area (Å²) in [7, 11) is 3.34. The Hall–Kier alpha value is -0.950. The SMILES string of the molecule is CO[C@@H]1CC[C@@H](N(C)C(=O)/C=C/CN2CCOCC2)[C@H]1O. The van der Waals surface area contributed by atoms with Crippen LogP contribution in [0.4, 0.5) is 0 Å². The largest absolute Gasteiger partial charge is 0.388 e. The van der Waals surface area contributed by atoms with E-state index < -0.39 is 6.10 Å². The van der Waals surface area contributed by atoms with Crippen molar-refractivity contribution in [3.63, 3.8) is 0 Å². The first-order valence-corrected chi connectivity index (χ1v) is 7.57. The maximum absolute atomic E-state index is 12.2. The summed E-state index contributed by atoms with van der Waals surface area (Å²) in [6.45, 7) is 4.09. The fourth-order valence-corrected chi connectivity index (χ4v) is 2.97. The number of aliphatic hydroxyl groups excluding tert-OH is 1. The summed E-state index contributed by atoms with van der Waals surface area (Å²) in [6, 6.07) is -0.157. The molecule has 0 unspecified atom stereocenters. The summed E-state index contributed by atoms with van der Waals surface area (Å²) in [6.07, 6.45) is 4.29. The van der Waals surface area contributed by atoms with Crippen molar-refractivity contribution in [3.05, 3.63) is 12.2 Å². The van der Waals surface area contributed by atoms with Crippen molar-refractivity contribution < 1.29 is 19.4 Å². The number of carbonyl (C=O) groups is 1. The zero-order chi connectivity index (χ0) is 15.2. The summed E-state index contributed by atoms with van der Waals surface area (Å²) >= 11 is 0. The van der Waals surface area contributed by atoms with Crippen LogP contribution < -0.4 is 0 Å². The van der Waals surface area contributed by atoms with Crippen molar-refractivity contribution in [1.29, 1.82) is 0 Å². The zero-order valence-corrected chi connectivity index (χ0v) is 12.9. The Morgan fingerprint density at radius 3 is 2.76 bits per heavy atom. The predicted octanol–water partition coefficient (Wildman–Crippen LogP) is -0.128. The number of likely N-dealkylation sites (N-methyl/N-ethyl adjacent to an activating group) is 1. The quantitative estimate of drug-likeness (QED) is 0.717. The molecular formula is C15H26N2O4. The average molecular weight is 298 g/mol. The predicted molar refractivity (Wildman–Crippen MR) is 79.0 cm³/mol. The minimum absolute atomic E-state index is 0.0657. The summed E-state index contributed by atoms with van der Waals surface area (Å²) in [5.41, 5.74) is 0. The maximum Gasteiger partial charge on any atom is 0.246 e. The molecule has 6 heteroatoms. The number of carbonyl (C=O) groups excluding carboxylic acids is 1. The van der Waals surface area contributed by atoms with E-state index in [0.29, 0.717) is 0 Å². The molecule has 0 aromatic heterocycles. The van der Waals surface area contributed by atoms with Gasteiger partial charge in [-0.3, -0.25) is 9.69 Å². The zero-order valence-electron chi connectivity index (χ0n) is 12.9. The Bertz CT molecular complexity index is 369. The highest BCUT2D eigenvalue weighted by Crippen LogP contribution is 2.26. The van der Waals surface area contributed by atoms with Gasteiger partial charge in [-0.05, 0) is 12.8 Å². The lowest BCUT2D eigenvalue weighted by atomic mass is 10.1. The van der Waals surface area contributed by atoms with Crippen molar-refractivity contribution in [2.45, 2.75) is 31.1 Å². The van der Waals surface area contributed by atoms with Gasteiger partial charge in [0, 0.05) is 39.9 Å². The lowest BCUT2D eigenvalue weighted by molar-refractivity contribution is -0.129. The number of hydrogen-bond donors (Lipinski definition) is 1. The van der Waals surface area contributed by atoms with E-state index in [4.69, 9.17) is 9.47 Å². The van der Waals surface area contributed by atoms with Gasteiger partial charge < -0.3 is 19.5 Å². The first kappa shape index (κ1) is 16.4. The molecule has 1 heterocycles. The molecule has 6 nitrogen and oxygen atoms in total. The normalized spacial score (nSPS) is 30.9. The van der Waals surface area contributed by atoms with Crippen LogP contribution in [0, 0.1) is 0 Å². The molecule has 2 rings (SSSR count). The number of nitrogens with zero attached hydrogens (tertiary/aromatic N) is 2. The molecule has 0 aromatic rings. The lowest BCUT2D eigenvalue weighted by Gasteiger charge is -2.28. The molecule has 2 fully saturated rings. The average Bonchev–Trinajstić information content (AvgIpc) is 2.88. The van der Waals surface area contributed by atoms with E-state index in [1.165, 1.54) is 0 Å². The van der Waals surface area contributed by atoms with Gasteiger partial charge >= 0.3 is 0 Å². The van der Waals surface area contributed by atoms with Crippen molar-refractivity contribution in [3.8, 4) is 0 Å². The van der Waals surface area contributed by atoms with E-state index in [9.17, 15) is 9.90 Å². The van der Waals surface area contributed by atoms with Crippen LogP contribution in [-0.2, 0) is 14.3 Å². The number of rotatable bonds is 5. The Kier molecular flexibility index (Phi) is 6.17. The number of hydrogen-bond acceptors (Lipinski definition) is 5. The van der Waals surface area contributed by atoms with E-state index in [0.717, 1.165) is 45.7 Å².